The standard InChI is InChI=1S/C15H20N4O2/c1-10(2)12-7-14(19-18-12)17-15(20)9-21-13-6-4-3-5-11(13)8-16/h3-7,10H,8-9,16H2,1-2H3,(H2,17,18,19,20). The lowest BCUT2D eigenvalue weighted by Gasteiger charge is -2.09. The third kappa shape index (κ3) is 4.06. The fourth-order valence-electron chi connectivity index (χ4n) is 1.83. The Morgan fingerprint density at radius 3 is 2.86 bits per heavy atom. The molecule has 0 aliphatic heterocycles. The van der Waals surface area contributed by atoms with Gasteiger partial charge in [0.1, 0.15) is 5.75 Å². The van der Waals surface area contributed by atoms with E-state index in [1.165, 1.54) is 0 Å². The number of amides is 1. The van der Waals surface area contributed by atoms with Crippen LogP contribution >= 0.6 is 0 Å². The van der Waals surface area contributed by atoms with Gasteiger partial charge in [-0.25, -0.2) is 0 Å². The Hall–Kier alpha value is -2.34. The van der Waals surface area contributed by atoms with E-state index in [1.54, 1.807) is 6.07 Å². The molecule has 0 bridgehead atoms. The zero-order valence-electron chi connectivity index (χ0n) is 12.2. The first-order valence-electron chi connectivity index (χ1n) is 6.86. The van der Waals surface area contributed by atoms with Gasteiger partial charge < -0.3 is 15.8 Å². The predicted octanol–water partition coefficient (Wildman–Crippen LogP) is 2.01. The van der Waals surface area contributed by atoms with E-state index >= 15 is 0 Å². The fraction of sp³-hybridized carbons (Fsp3) is 0.333. The summed E-state index contributed by atoms with van der Waals surface area (Å²) in [7, 11) is 0. The molecule has 2 aromatic rings. The number of benzene rings is 1. The van der Waals surface area contributed by atoms with Crippen LogP contribution < -0.4 is 15.8 Å². The van der Waals surface area contributed by atoms with E-state index in [0.717, 1.165) is 11.3 Å². The van der Waals surface area contributed by atoms with Crippen LogP contribution in [0.4, 0.5) is 5.82 Å². The van der Waals surface area contributed by atoms with Gasteiger partial charge in [0.15, 0.2) is 12.4 Å². The number of carbonyl (C=O) groups is 1. The van der Waals surface area contributed by atoms with Crippen molar-refractivity contribution in [2.24, 2.45) is 5.73 Å². The van der Waals surface area contributed by atoms with Crippen LogP contribution in [0.5, 0.6) is 5.75 Å². The second-order valence-electron chi connectivity index (χ2n) is 5.01. The second-order valence-corrected chi connectivity index (χ2v) is 5.01. The van der Waals surface area contributed by atoms with Crippen LogP contribution in [-0.4, -0.2) is 22.7 Å². The van der Waals surface area contributed by atoms with E-state index in [-0.39, 0.29) is 12.5 Å². The molecule has 0 unspecified atom stereocenters. The number of nitrogens with zero attached hydrogens (tertiary/aromatic N) is 1. The predicted molar refractivity (Wildman–Crippen MR) is 81.1 cm³/mol. The molecular formula is C15H20N4O2. The molecular weight excluding hydrogens is 268 g/mol. The number of rotatable bonds is 6. The molecule has 0 saturated heterocycles. The highest BCUT2D eigenvalue weighted by Gasteiger charge is 2.09. The van der Waals surface area contributed by atoms with Gasteiger partial charge in [-0.15, -0.1) is 0 Å². The molecule has 0 aliphatic carbocycles. The molecule has 6 heteroatoms. The molecule has 2 rings (SSSR count). The maximum absolute atomic E-state index is 11.8. The van der Waals surface area contributed by atoms with E-state index in [1.807, 2.05) is 38.1 Å². The maximum atomic E-state index is 11.8. The lowest BCUT2D eigenvalue weighted by molar-refractivity contribution is -0.118. The minimum Gasteiger partial charge on any atom is -0.483 e. The van der Waals surface area contributed by atoms with E-state index in [2.05, 4.69) is 15.5 Å². The number of hydrogen-bond acceptors (Lipinski definition) is 4. The first-order chi connectivity index (χ1) is 10.1. The van der Waals surface area contributed by atoms with E-state index in [4.69, 9.17) is 10.5 Å². The van der Waals surface area contributed by atoms with Gasteiger partial charge in [0.2, 0.25) is 0 Å². The third-order valence-corrected chi connectivity index (χ3v) is 3.04. The monoisotopic (exact) mass is 288 g/mol. The molecule has 0 fully saturated rings. The number of carbonyl (C=O) groups excluding carboxylic acids is 1. The van der Waals surface area contributed by atoms with E-state index in [0.29, 0.717) is 24.0 Å². The quantitative estimate of drug-likeness (QED) is 0.758. The first kappa shape index (κ1) is 15.1. The van der Waals surface area contributed by atoms with Gasteiger partial charge in [-0.2, -0.15) is 5.10 Å². The second kappa shape index (κ2) is 6.90. The molecule has 1 heterocycles. The van der Waals surface area contributed by atoms with Crippen molar-refractivity contribution in [1.29, 1.82) is 0 Å². The third-order valence-electron chi connectivity index (χ3n) is 3.04. The van der Waals surface area contributed by atoms with Crippen molar-refractivity contribution in [1.82, 2.24) is 10.2 Å². The summed E-state index contributed by atoms with van der Waals surface area (Å²) in [5, 5.41) is 9.60. The van der Waals surface area contributed by atoms with Crippen LogP contribution in [0, 0.1) is 0 Å². The number of aromatic nitrogens is 2. The van der Waals surface area contributed by atoms with Crippen LogP contribution in [-0.2, 0) is 11.3 Å². The lowest BCUT2D eigenvalue weighted by Crippen LogP contribution is -2.21. The van der Waals surface area contributed by atoms with Crippen molar-refractivity contribution >= 4 is 11.7 Å². The number of nitrogens with two attached hydrogens (primary N) is 1. The molecule has 112 valence electrons. The molecule has 1 aromatic carbocycles. The number of H-pyrrole nitrogens is 1. The zero-order valence-corrected chi connectivity index (χ0v) is 12.2. The van der Waals surface area contributed by atoms with Crippen LogP contribution in [0.25, 0.3) is 0 Å². The van der Waals surface area contributed by atoms with Gasteiger partial charge in [-0.3, -0.25) is 9.89 Å². The van der Waals surface area contributed by atoms with Crippen molar-refractivity contribution in [3.63, 3.8) is 0 Å². The smallest absolute Gasteiger partial charge is 0.263 e. The van der Waals surface area contributed by atoms with Crippen molar-refractivity contribution < 1.29 is 9.53 Å². The van der Waals surface area contributed by atoms with Gasteiger partial charge in [-0.05, 0) is 12.0 Å². The SMILES string of the molecule is CC(C)c1cc(NC(=O)COc2ccccc2CN)n[nH]1. The summed E-state index contributed by atoms with van der Waals surface area (Å²) < 4.78 is 5.49. The van der Waals surface area contributed by atoms with E-state index in [9.17, 15) is 4.79 Å². The largest absolute Gasteiger partial charge is 0.483 e. The van der Waals surface area contributed by atoms with Crippen LogP contribution in [0.3, 0.4) is 0 Å². The Labute approximate surface area is 123 Å². The first-order valence-corrected chi connectivity index (χ1v) is 6.86. The maximum Gasteiger partial charge on any atom is 0.263 e. The van der Waals surface area contributed by atoms with Crippen LogP contribution in [0.2, 0.25) is 0 Å². The van der Waals surface area contributed by atoms with Gasteiger partial charge in [-0.1, -0.05) is 32.0 Å². The van der Waals surface area contributed by atoms with E-state index < -0.39 is 0 Å². The Kier molecular flexibility index (Phi) is 4.94. The van der Waals surface area contributed by atoms with Crippen molar-refractivity contribution in [3.05, 3.63) is 41.6 Å². The Morgan fingerprint density at radius 2 is 2.19 bits per heavy atom. The normalized spacial score (nSPS) is 10.7. The summed E-state index contributed by atoms with van der Waals surface area (Å²) in [6.45, 7) is 4.38. The fourth-order valence-corrected chi connectivity index (χ4v) is 1.83. The van der Waals surface area contributed by atoms with Gasteiger partial charge in [0.25, 0.3) is 5.91 Å². The molecule has 0 radical (unpaired) electrons. The topological polar surface area (TPSA) is 93.0 Å². The summed E-state index contributed by atoms with van der Waals surface area (Å²) >= 11 is 0. The van der Waals surface area contributed by atoms with Gasteiger partial charge in [0.05, 0.1) is 0 Å². The molecule has 0 atom stereocenters. The zero-order chi connectivity index (χ0) is 15.2. The van der Waals surface area contributed by atoms with Gasteiger partial charge in [0, 0.05) is 23.9 Å². The van der Waals surface area contributed by atoms with Crippen molar-refractivity contribution in [3.8, 4) is 5.75 Å². The Morgan fingerprint density at radius 1 is 1.43 bits per heavy atom. The molecule has 4 N–H and O–H groups in total. The number of ether oxygens (including phenoxy) is 1. The highest BCUT2D eigenvalue weighted by atomic mass is 16.5. The molecule has 1 aromatic heterocycles. The minimum atomic E-state index is -0.261. The van der Waals surface area contributed by atoms with Crippen LogP contribution in [0.15, 0.2) is 30.3 Å². The minimum absolute atomic E-state index is 0.0825. The average molecular weight is 288 g/mol. The van der Waals surface area contributed by atoms with Crippen LogP contribution in [0.1, 0.15) is 31.0 Å². The summed E-state index contributed by atoms with van der Waals surface area (Å²) in [5.41, 5.74) is 7.46. The van der Waals surface area contributed by atoms with Gasteiger partial charge >= 0.3 is 0 Å². The number of aromatic amines is 1. The number of hydrogen-bond donors (Lipinski definition) is 3. The summed E-state index contributed by atoms with van der Waals surface area (Å²) in [5.74, 6) is 1.19. The molecule has 0 saturated carbocycles. The summed E-state index contributed by atoms with van der Waals surface area (Å²) in [6.07, 6.45) is 0. The number of nitrogens with one attached hydrogen (secondary N) is 2. The molecule has 6 nitrogen and oxygen atoms in total. The molecule has 0 aliphatic rings. The summed E-state index contributed by atoms with van der Waals surface area (Å²) in [4.78, 5) is 11.8. The highest BCUT2D eigenvalue weighted by Crippen LogP contribution is 2.17. The summed E-state index contributed by atoms with van der Waals surface area (Å²) in [6, 6.07) is 9.20. The highest BCUT2D eigenvalue weighted by molar-refractivity contribution is 5.91. The van der Waals surface area contributed by atoms with Crippen molar-refractivity contribution in [2.45, 2.75) is 26.3 Å². The Balaban J connectivity index is 1.89. The lowest BCUT2D eigenvalue weighted by atomic mass is 10.1. The molecule has 21 heavy (non-hydrogen) atoms. The number of para-hydroxylation sites is 1. The van der Waals surface area contributed by atoms with Crippen molar-refractivity contribution in [2.75, 3.05) is 11.9 Å². The average Bonchev–Trinajstić information content (AvgIpc) is 2.94. The Bertz CT molecular complexity index is 607. The number of anilines is 1. The molecule has 1 amide bonds. The molecule has 0 spiro atoms.